The van der Waals surface area contributed by atoms with Crippen molar-refractivity contribution in [2.24, 2.45) is 0 Å². The van der Waals surface area contributed by atoms with Crippen LogP contribution in [0.25, 0.3) is 0 Å². The molecule has 0 aromatic heterocycles. The molecular formula is C23H23N3O6S. The Hall–Kier alpha value is -3.76. The van der Waals surface area contributed by atoms with Crippen molar-refractivity contribution in [3.05, 3.63) is 94.0 Å². The normalized spacial score (nSPS) is 12.1. The Morgan fingerprint density at radius 2 is 1.73 bits per heavy atom. The number of hydrogen-bond acceptors (Lipinski definition) is 6. The lowest BCUT2D eigenvalue weighted by atomic mass is 10.1. The maximum Gasteiger partial charge on any atom is 0.271 e. The maximum atomic E-state index is 12.6. The van der Waals surface area contributed by atoms with Crippen LogP contribution in [-0.2, 0) is 14.8 Å². The summed E-state index contributed by atoms with van der Waals surface area (Å²) in [7, 11) is -3.75. The highest BCUT2D eigenvalue weighted by molar-refractivity contribution is 7.89. The summed E-state index contributed by atoms with van der Waals surface area (Å²) >= 11 is 0. The fourth-order valence-electron chi connectivity index (χ4n) is 3.02. The van der Waals surface area contributed by atoms with Crippen LogP contribution in [0.3, 0.4) is 0 Å². The number of ether oxygens (including phenoxy) is 1. The first-order chi connectivity index (χ1) is 15.7. The van der Waals surface area contributed by atoms with Crippen molar-refractivity contribution in [3.8, 4) is 5.75 Å². The summed E-state index contributed by atoms with van der Waals surface area (Å²) in [5.74, 6) is -0.204. The minimum absolute atomic E-state index is 0.0642. The number of hydrogen-bond donors (Lipinski definition) is 2. The molecule has 0 radical (unpaired) electrons. The van der Waals surface area contributed by atoms with Crippen LogP contribution < -0.4 is 14.8 Å². The van der Waals surface area contributed by atoms with Gasteiger partial charge in [0.2, 0.25) is 10.0 Å². The fourth-order valence-corrected chi connectivity index (χ4v) is 4.25. The second-order valence-corrected chi connectivity index (χ2v) is 9.03. The highest BCUT2D eigenvalue weighted by Crippen LogP contribution is 2.22. The molecule has 3 rings (SSSR count). The molecule has 2 N–H and O–H groups in total. The molecule has 0 aliphatic heterocycles. The molecular weight excluding hydrogens is 446 g/mol. The van der Waals surface area contributed by atoms with Gasteiger partial charge in [-0.2, -0.15) is 0 Å². The molecule has 0 heterocycles. The quantitative estimate of drug-likeness (QED) is 0.361. The number of aryl methyl sites for hydroxylation is 1. The second kappa shape index (κ2) is 10.2. The Labute approximate surface area is 191 Å². The Bertz CT molecular complexity index is 1240. The highest BCUT2D eigenvalue weighted by atomic mass is 32.2. The Morgan fingerprint density at radius 3 is 2.36 bits per heavy atom. The van der Waals surface area contributed by atoms with Crippen LogP contribution >= 0.6 is 0 Å². The number of nitro benzene ring substituents is 1. The van der Waals surface area contributed by atoms with E-state index in [1.807, 2.05) is 30.3 Å². The Morgan fingerprint density at radius 1 is 1.06 bits per heavy atom. The van der Waals surface area contributed by atoms with Gasteiger partial charge in [-0.05, 0) is 49.2 Å². The highest BCUT2D eigenvalue weighted by Gasteiger charge is 2.18. The largest absolute Gasteiger partial charge is 0.484 e. The van der Waals surface area contributed by atoms with E-state index < -0.39 is 26.9 Å². The summed E-state index contributed by atoms with van der Waals surface area (Å²) < 4.78 is 33.3. The molecule has 0 fully saturated rings. The van der Waals surface area contributed by atoms with Crippen molar-refractivity contribution in [1.29, 1.82) is 0 Å². The van der Waals surface area contributed by atoms with E-state index >= 15 is 0 Å². The van der Waals surface area contributed by atoms with Gasteiger partial charge in [-0.3, -0.25) is 14.9 Å². The van der Waals surface area contributed by atoms with Gasteiger partial charge in [0.15, 0.2) is 6.61 Å². The molecule has 0 unspecified atom stereocenters. The predicted octanol–water partition coefficient (Wildman–Crippen LogP) is 3.96. The zero-order chi connectivity index (χ0) is 24.0. The molecule has 1 amide bonds. The van der Waals surface area contributed by atoms with Crippen molar-refractivity contribution in [2.75, 3.05) is 11.9 Å². The first kappa shape index (κ1) is 23.9. The van der Waals surface area contributed by atoms with E-state index in [2.05, 4.69) is 10.0 Å². The predicted molar refractivity (Wildman–Crippen MR) is 124 cm³/mol. The summed E-state index contributed by atoms with van der Waals surface area (Å²) in [6.07, 6.45) is 0. The van der Waals surface area contributed by atoms with Crippen LogP contribution in [0, 0.1) is 17.0 Å². The Balaban J connectivity index is 1.59. The average molecular weight is 470 g/mol. The molecule has 0 aliphatic carbocycles. The number of non-ortho nitro benzene ring substituents is 1. The topological polar surface area (TPSA) is 128 Å². The molecule has 0 saturated heterocycles. The SMILES string of the molecule is Cc1ccc([N+](=O)[O-])cc1NC(=O)COc1ccc(S(=O)(=O)N[C@H](C)c2ccccc2)cc1. The van der Waals surface area contributed by atoms with Crippen LogP contribution in [0.15, 0.2) is 77.7 Å². The summed E-state index contributed by atoms with van der Waals surface area (Å²) in [6, 6.07) is 18.6. The van der Waals surface area contributed by atoms with E-state index in [1.165, 1.54) is 36.4 Å². The molecule has 3 aromatic rings. The lowest BCUT2D eigenvalue weighted by molar-refractivity contribution is -0.384. The van der Waals surface area contributed by atoms with Gasteiger partial charge in [0.1, 0.15) is 5.75 Å². The zero-order valence-electron chi connectivity index (χ0n) is 18.0. The lowest BCUT2D eigenvalue weighted by Gasteiger charge is -2.15. The number of nitro groups is 1. The van der Waals surface area contributed by atoms with Crippen molar-refractivity contribution in [1.82, 2.24) is 4.72 Å². The first-order valence-electron chi connectivity index (χ1n) is 10.0. The van der Waals surface area contributed by atoms with Gasteiger partial charge in [0, 0.05) is 18.2 Å². The van der Waals surface area contributed by atoms with Crippen molar-refractivity contribution in [2.45, 2.75) is 24.8 Å². The van der Waals surface area contributed by atoms with E-state index in [-0.39, 0.29) is 17.2 Å². The Kier molecular flexibility index (Phi) is 7.41. The fraction of sp³-hybridized carbons (Fsp3) is 0.174. The van der Waals surface area contributed by atoms with Crippen LogP contribution in [-0.4, -0.2) is 25.9 Å². The van der Waals surface area contributed by atoms with Gasteiger partial charge in [-0.1, -0.05) is 36.4 Å². The third kappa shape index (κ3) is 6.37. The summed E-state index contributed by atoms with van der Waals surface area (Å²) in [4.78, 5) is 22.6. The number of amides is 1. The first-order valence-corrected chi connectivity index (χ1v) is 11.5. The van der Waals surface area contributed by atoms with Crippen LogP contribution in [0.4, 0.5) is 11.4 Å². The molecule has 9 nitrogen and oxygen atoms in total. The smallest absolute Gasteiger partial charge is 0.271 e. The van der Waals surface area contributed by atoms with Gasteiger partial charge < -0.3 is 10.1 Å². The lowest BCUT2D eigenvalue weighted by Crippen LogP contribution is -2.26. The monoisotopic (exact) mass is 469 g/mol. The molecule has 0 spiro atoms. The van der Waals surface area contributed by atoms with E-state index in [1.54, 1.807) is 19.9 Å². The summed E-state index contributed by atoms with van der Waals surface area (Å²) in [6.45, 7) is 3.12. The summed E-state index contributed by atoms with van der Waals surface area (Å²) in [5, 5.41) is 13.5. The molecule has 10 heteroatoms. The van der Waals surface area contributed by atoms with Gasteiger partial charge in [0.25, 0.3) is 11.6 Å². The standard InChI is InChI=1S/C23H23N3O6S/c1-16-8-9-19(26(28)29)14-22(16)24-23(27)15-32-20-10-12-21(13-11-20)33(30,31)25-17(2)18-6-4-3-5-7-18/h3-14,17,25H,15H2,1-2H3,(H,24,27)/t17-/m1/s1. The number of nitrogens with zero attached hydrogens (tertiary/aromatic N) is 1. The number of carbonyl (C=O) groups is 1. The van der Waals surface area contributed by atoms with Crippen LogP contribution in [0.1, 0.15) is 24.1 Å². The molecule has 0 aliphatic rings. The third-order valence-corrected chi connectivity index (χ3v) is 6.40. The molecule has 1 atom stereocenters. The maximum absolute atomic E-state index is 12.6. The van der Waals surface area contributed by atoms with Crippen LogP contribution in [0.2, 0.25) is 0 Å². The number of sulfonamides is 1. The van der Waals surface area contributed by atoms with Crippen molar-refractivity contribution >= 4 is 27.3 Å². The second-order valence-electron chi connectivity index (χ2n) is 7.32. The van der Waals surface area contributed by atoms with Gasteiger partial charge in [0.05, 0.1) is 15.5 Å². The molecule has 33 heavy (non-hydrogen) atoms. The van der Waals surface area contributed by atoms with E-state index in [9.17, 15) is 23.3 Å². The molecule has 0 bridgehead atoms. The molecule has 172 valence electrons. The van der Waals surface area contributed by atoms with Gasteiger partial charge >= 0.3 is 0 Å². The van der Waals surface area contributed by atoms with E-state index in [0.717, 1.165) is 5.56 Å². The minimum Gasteiger partial charge on any atom is -0.484 e. The van der Waals surface area contributed by atoms with Crippen molar-refractivity contribution in [3.63, 3.8) is 0 Å². The third-order valence-electron chi connectivity index (χ3n) is 4.84. The number of benzene rings is 3. The van der Waals surface area contributed by atoms with Crippen molar-refractivity contribution < 1.29 is 22.9 Å². The minimum atomic E-state index is -3.75. The molecule has 0 saturated carbocycles. The number of anilines is 1. The average Bonchev–Trinajstić information content (AvgIpc) is 2.79. The number of carbonyl (C=O) groups excluding carboxylic acids is 1. The number of nitrogens with one attached hydrogen (secondary N) is 2. The van der Waals surface area contributed by atoms with Gasteiger partial charge in [-0.15, -0.1) is 0 Å². The zero-order valence-corrected chi connectivity index (χ0v) is 18.8. The molecule has 3 aromatic carbocycles. The van der Waals surface area contributed by atoms with E-state index in [0.29, 0.717) is 17.0 Å². The van der Waals surface area contributed by atoms with E-state index in [4.69, 9.17) is 4.74 Å². The van der Waals surface area contributed by atoms with Gasteiger partial charge in [-0.25, -0.2) is 13.1 Å². The number of rotatable bonds is 9. The summed E-state index contributed by atoms with van der Waals surface area (Å²) in [5.41, 5.74) is 1.69. The van der Waals surface area contributed by atoms with Crippen LogP contribution in [0.5, 0.6) is 5.75 Å².